The highest BCUT2D eigenvalue weighted by Gasteiger charge is 2.43. The Morgan fingerprint density at radius 2 is 1.63 bits per heavy atom. The van der Waals surface area contributed by atoms with Crippen LogP contribution in [0.2, 0.25) is 0 Å². The summed E-state index contributed by atoms with van der Waals surface area (Å²) < 4.78 is 0. The van der Waals surface area contributed by atoms with Crippen molar-refractivity contribution < 1.29 is 33.9 Å². The first-order valence-corrected chi connectivity index (χ1v) is 17.0. The van der Waals surface area contributed by atoms with Crippen LogP contribution in [0.3, 0.4) is 0 Å². The van der Waals surface area contributed by atoms with Gasteiger partial charge in [0.15, 0.2) is 0 Å². The second-order valence-electron chi connectivity index (χ2n) is 13.6. The number of carbonyl (C=O) groups excluding carboxylic acids is 6. The van der Waals surface area contributed by atoms with E-state index in [2.05, 4.69) is 26.6 Å². The van der Waals surface area contributed by atoms with Crippen LogP contribution < -0.4 is 26.6 Å². The quantitative estimate of drug-likeness (QED) is 0.260. The smallest absolute Gasteiger partial charge is 0.251 e. The fraction of sp³-hybridized carbons (Fsp3) is 0.500. The first-order chi connectivity index (χ1) is 23.4. The van der Waals surface area contributed by atoms with Crippen LogP contribution in [-0.4, -0.2) is 88.8 Å². The van der Waals surface area contributed by atoms with Gasteiger partial charge in [-0.2, -0.15) is 0 Å². The van der Waals surface area contributed by atoms with Crippen molar-refractivity contribution in [3.63, 3.8) is 0 Å². The van der Waals surface area contributed by atoms with E-state index in [1.54, 1.807) is 36.4 Å². The van der Waals surface area contributed by atoms with Gasteiger partial charge in [-0.3, -0.25) is 28.8 Å². The molecule has 2 aliphatic heterocycles. The van der Waals surface area contributed by atoms with Crippen molar-refractivity contribution >= 4 is 35.4 Å². The average molecular weight is 675 g/mol. The number of aryl methyl sites for hydroxylation is 2. The number of hydrogen-bond acceptors (Lipinski definition) is 7. The van der Waals surface area contributed by atoms with Crippen molar-refractivity contribution in [2.75, 3.05) is 13.2 Å². The largest absolute Gasteiger partial charge is 0.394 e. The lowest BCUT2D eigenvalue weighted by Crippen LogP contribution is -2.59. The molecule has 0 radical (unpaired) electrons. The van der Waals surface area contributed by atoms with Gasteiger partial charge in [-0.15, -0.1) is 0 Å². The summed E-state index contributed by atoms with van der Waals surface area (Å²) in [5, 5.41) is 24.1. The maximum absolute atomic E-state index is 13.9. The number of nitrogens with zero attached hydrogens (tertiary/aromatic N) is 1. The highest BCUT2D eigenvalue weighted by molar-refractivity contribution is 5.97. The van der Waals surface area contributed by atoms with E-state index in [0.717, 1.165) is 24.8 Å². The fourth-order valence-electron chi connectivity index (χ4n) is 6.82. The van der Waals surface area contributed by atoms with E-state index >= 15 is 0 Å². The van der Waals surface area contributed by atoms with Crippen LogP contribution in [0.1, 0.15) is 79.5 Å². The van der Waals surface area contributed by atoms with Crippen LogP contribution in [0.25, 0.3) is 0 Å². The Morgan fingerprint density at radius 3 is 2.35 bits per heavy atom. The highest BCUT2D eigenvalue weighted by atomic mass is 16.3. The van der Waals surface area contributed by atoms with Gasteiger partial charge in [-0.05, 0) is 73.8 Å². The molecule has 2 aromatic carbocycles. The van der Waals surface area contributed by atoms with Crippen molar-refractivity contribution in [2.24, 2.45) is 5.92 Å². The Hall–Kier alpha value is -4.78. The second-order valence-corrected chi connectivity index (χ2v) is 13.6. The summed E-state index contributed by atoms with van der Waals surface area (Å²) in [7, 11) is 0. The van der Waals surface area contributed by atoms with Crippen LogP contribution in [0.15, 0.2) is 48.5 Å². The third kappa shape index (κ3) is 8.63. The van der Waals surface area contributed by atoms with E-state index in [0.29, 0.717) is 11.1 Å². The molecule has 6 atom stereocenters. The molecule has 2 aromatic rings. The minimum absolute atomic E-state index is 0.0166. The first-order valence-electron chi connectivity index (χ1n) is 17.0. The zero-order valence-electron chi connectivity index (χ0n) is 28.2. The predicted octanol–water partition coefficient (Wildman–Crippen LogP) is 0.649. The summed E-state index contributed by atoms with van der Waals surface area (Å²) in [6.07, 6.45) is 3.01. The molecule has 2 saturated heterocycles. The Labute approximate surface area is 286 Å². The van der Waals surface area contributed by atoms with Gasteiger partial charge in [-0.1, -0.05) is 50.2 Å². The molecule has 0 bridgehead atoms. The fourth-order valence-corrected chi connectivity index (χ4v) is 6.82. The van der Waals surface area contributed by atoms with E-state index in [1.165, 1.54) is 17.4 Å². The zero-order valence-corrected chi connectivity index (χ0v) is 28.2. The summed E-state index contributed by atoms with van der Waals surface area (Å²) in [6, 6.07) is 8.47. The molecule has 13 heteroatoms. The number of hydrogen-bond donors (Lipinski definition) is 6. The van der Waals surface area contributed by atoms with E-state index in [4.69, 9.17) is 0 Å². The number of amides is 6. The van der Waals surface area contributed by atoms with E-state index in [-0.39, 0.29) is 37.6 Å². The summed E-state index contributed by atoms with van der Waals surface area (Å²) in [5.41, 5.74) is 3.49. The molecule has 2 fully saturated rings. The van der Waals surface area contributed by atoms with Gasteiger partial charge in [0.25, 0.3) is 5.91 Å². The molecule has 5 rings (SSSR count). The monoisotopic (exact) mass is 674 g/mol. The second kappa shape index (κ2) is 15.6. The minimum atomic E-state index is -1.42. The number of aliphatic hydroxyl groups is 1. The summed E-state index contributed by atoms with van der Waals surface area (Å²) in [5.74, 6) is -3.45. The molecule has 0 spiro atoms. The number of benzene rings is 2. The third-order valence-electron chi connectivity index (χ3n) is 9.40. The van der Waals surface area contributed by atoms with Crippen molar-refractivity contribution in [1.29, 1.82) is 0 Å². The number of rotatable bonds is 6. The molecular formula is C36H46N6O7. The summed E-state index contributed by atoms with van der Waals surface area (Å²) >= 11 is 0. The standard InChI is InChI=1S/C36H46N6O7/c1-20(2)14-28-34(47)41-29(19-43)36(49)42-18-26(38-33(46)25-13-12-22-10-7-11-24(22)15-25)16-30(42)35(48)37-21(3)32(45)40-27(17-31(44)39-28)23-8-5-4-6-9-23/h4-6,8-9,12-13,15,20-21,26-30,43H,7,10-11,14,16-19H2,1-3H3,(H,37,48)(H,38,46)(H,39,44)(H,40,45)(H,41,47)/t21-,26-,27-,28-,29-,30-/m0/s1. The normalized spacial score (nSPS) is 26.7. The molecule has 6 N–H and O–H groups in total. The Balaban J connectivity index is 1.42. The maximum Gasteiger partial charge on any atom is 0.251 e. The topological polar surface area (TPSA) is 186 Å². The number of carbonyl (C=O) groups is 6. The van der Waals surface area contributed by atoms with Gasteiger partial charge >= 0.3 is 0 Å². The van der Waals surface area contributed by atoms with Gasteiger partial charge in [0.1, 0.15) is 24.2 Å². The van der Waals surface area contributed by atoms with Crippen LogP contribution >= 0.6 is 0 Å². The summed E-state index contributed by atoms with van der Waals surface area (Å²) in [6.45, 7) is 4.43. The molecule has 0 aromatic heterocycles. The van der Waals surface area contributed by atoms with Gasteiger partial charge in [0.2, 0.25) is 29.5 Å². The van der Waals surface area contributed by atoms with Gasteiger partial charge in [0, 0.05) is 18.2 Å². The minimum Gasteiger partial charge on any atom is -0.394 e. The van der Waals surface area contributed by atoms with Crippen molar-refractivity contribution in [2.45, 2.75) is 95.5 Å². The van der Waals surface area contributed by atoms with Crippen LogP contribution in [0.5, 0.6) is 0 Å². The lowest BCUT2D eigenvalue weighted by molar-refractivity contribution is -0.143. The zero-order chi connectivity index (χ0) is 35.2. The van der Waals surface area contributed by atoms with E-state index in [1.807, 2.05) is 26.0 Å². The molecule has 2 heterocycles. The molecule has 49 heavy (non-hydrogen) atoms. The lowest BCUT2D eigenvalue weighted by Gasteiger charge is -2.30. The molecule has 1 aliphatic carbocycles. The van der Waals surface area contributed by atoms with E-state index in [9.17, 15) is 33.9 Å². The predicted molar refractivity (Wildman–Crippen MR) is 180 cm³/mol. The van der Waals surface area contributed by atoms with Crippen LogP contribution in [0.4, 0.5) is 0 Å². The third-order valence-corrected chi connectivity index (χ3v) is 9.40. The number of aliphatic hydroxyl groups excluding tert-OH is 1. The van der Waals surface area contributed by atoms with E-state index < -0.39 is 72.4 Å². The Morgan fingerprint density at radius 1 is 0.898 bits per heavy atom. The SMILES string of the molecule is CC(C)C[C@@H]1NC(=O)C[C@@H](c2ccccc2)NC(=O)[C@H](C)NC(=O)[C@@H]2C[C@H](NC(=O)c3ccc4c(c3)CCC4)CN2C(=O)[C@H](CO)NC1=O. The van der Waals surface area contributed by atoms with Crippen molar-refractivity contribution in [3.05, 3.63) is 70.8 Å². The molecule has 0 saturated carbocycles. The maximum atomic E-state index is 13.9. The van der Waals surface area contributed by atoms with Crippen LogP contribution in [0, 0.1) is 5.92 Å². The molecular weight excluding hydrogens is 628 g/mol. The molecule has 6 amide bonds. The molecule has 0 unspecified atom stereocenters. The molecule has 13 nitrogen and oxygen atoms in total. The molecule has 262 valence electrons. The number of fused-ring (bicyclic) bond motifs is 2. The molecule has 3 aliphatic rings. The first kappa shape index (κ1) is 35.5. The van der Waals surface area contributed by atoms with Crippen LogP contribution in [-0.2, 0) is 36.8 Å². The average Bonchev–Trinajstić information content (AvgIpc) is 3.73. The van der Waals surface area contributed by atoms with Gasteiger partial charge in [-0.25, -0.2) is 0 Å². The lowest BCUT2D eigenvalue weighted by atomic mass is 10.00. The van der Waals surface area contributed by atoms with Gasteiger partial charge in [0.05, 0.1) is 19.1 Å². The number of nitrogens with one attached hydrogen (secondary N) is 5. The summed E-state index contributed by atoms with van der Waals surface area (Å²) in [4.78, 5) is 82.4. The van der Waals surface area contributed by atoms with Gasteiger partial charge < -0.3 is 36.6 Å². The highest BCUT2D eigenvalue weighted by Crippen LogP contribution is 2.25. The van der Waals surface area contributed by atoms with Crippen molar-refractivity contribution in [1.82, 2.24) is 31.5 Å². The Kier molecular flexibility index (Phi) is 11.3. The van der Waals surface area contributed by atoms with Crippen molar-refractivity contribution in [3.8, 4) is 0 Å². The Bertz CT molecular complexity index is 1580.